The summed E-state index contributed by atoms with van der Waals surface area (Å²) in [6.45, 7) is 1.84. The van der Waals surface area contributed by atoms with Crippen molar-refractivity contribution >= 4 is 28.5 Å². The van der Waals surface area contributed by atoms with Gasteiger partial charge in [-0.3, -0.25) is 9.89 Å². The van der Waals surface area contributed by atoms with Crippen LogP contribution in [-0.2, 0) is 17.8 Å². The Labute approximate surface area is 180 Å². The molecule has 8 heteroatoms. The molecular weight excluding hydrogens is 392 g/mol. The van der Waals surface area contributed by atoms with Gasteiger partial charge in [-0.15, -0.1) is 0 Å². The minimum absolute atomic E-state index is 0.0285. The van der Waals surface area contributed by atoms with Gasteiger partial charge in [0.25, 0.3) is 0 Å². The van der Waals surface area contributed by atoms with Crippen LogP contribution in [-0.4, -0.2) is 57.1 Å². The van der Waals surface area contributed by atoms with Gasteiger partial charge < -0.3 is 20.9 Å². The quantitative estimate of drug-likeness (QED) is 0.605. The summed E-state index contributed by atoms with van der Waals surface area (Å²) in [6, 6.07) is 13.3. The summed E-state index contributed by atoms with van der Waals surface area (Å²) in [4.78, 5) is 29.2. The van der Waals surface area contributed by atoms with Crippen molar-refractivity contribution < 1.29 is 9.59 Å². The van der Waals surface area contributed by atoms with E-state index < -0.39 is 6.04 Å². The first-order chi connectivity index (χ1) is 15.1. The normalized spacial score (nSPS) is 18.0. The Kier molecular flexibility index (Phi) is 5.07. The third-order valence-corrected chi connectivity index (χ3v) is 6.35. The van der Waals surface area contributed by atoms with Gasteiger partial charge in [0.1, 0.15) is 0 Å². The molecule has 1 fully saturated rings. The number of H-pyrrole nitrogens is 1. The van der Waals surface area contributed by atoms with E-state index in [1.807, 2.05) is 52.3 Å². The topological polar surface area (TPSA) is 107 Å². The zero-order chi connectivity index (χ0) is 21.4. The molecule has 4 N–H and O–H groups in total. The maximum absolute atomic E-state index is 12.9. The Bertz CT molecular complexity index is 1120. The van der Waals surface area contributed by atoms with Crippen molar-refractivity contribution in [2.75, 3.05) is 18.4 Å². The molecule has 0 bridgehead atoms. The average Bonchev–Trinajstić information content (AvgIpc) is 3.26. The zero-order valence-corrected chi connectivity index (χ0v) is 17.3. The minimum Gasteiger partial charge on any atom is -0.341 e. The number of nitrogens with zero attached hydrogens (tertiary/aromatic N) is 3. The summed E-state index contributed by atoms with van der Waals surface area (Å²) in [5, 5.41) is 10.9. The molecule has 31 heavy (non-hydrogen) atoms. The van der Waals surface area contributed by atoms with Crippen LogP contribution in [0, 0.1) is 0 Å². The molecule has 0 radical (unpaired) electrons. The number of carbonyl (C=O) groups excluding carboxylic acids is 2. The standard InChI is InChI=1S/C23H26N6O2/c24-19(12-15-5-6-21-17(11-15)13-25-27-21)22(30)28-9-7-18(8-10-28)29-14-16-3-1-2-4-20(16)26-23(29)31/h1-6,11,13,18-19H,7-10,12,14,24H2,(H,25,27)(H,26,31). The molecule has 160 valence electrons. The van der Waals surface area contributed by atoms with Crippen molar-refractivity contribution in [2.45, 2.75) is 37.9 Å². The van der Waals surface area contributed by atoms with E-state index in [4.69, 9.17) is 5.73 Å². The molecule has 5 rings (SSSR count). The molecule has 3 aromatic rings. The van der Waals surface area contributed by atoms with Crippen LogP contribution >= 0.6 is 0 Å². The smallest absolute Gasteiger partial charge is 0.322 e. The molecule has 2 aromatic carbocycles. The number of para-hydroxylation sites is 1. The van der Waals surface area contributed by atoms with Crippen molar-refractivity contribution in [3.05, 3.63) is 59.8 Å². The molecule has 1 aromatic heterocycles. The van der Waals surface area contributed by atoms with Crippen molar-refractivity contribution in [1.82, 2.24) is 20.0 Å². The van der Waals surface area contributed by atoms with Gasteiger partial charge in [0.2, 0.25) is 5.91 Å². The molecule has 3 heterocycles. The van der Waals surface area contributed by atoms with Gasteiger partial charge in [0.05, 0.1) is 17.8 Å². The molecule has 2 aliphatic rings. The lowest BCUT2D eigenvalue weighted by atomic mass is 9.99. The number of fused-ring (bicyclic) bond motifs is 2. The van der Waals surface area contributed by atoms with Crippen LogP contribution in [0.3, 0.4) is 0 Å². The highest BCUT2D eigenvalue weighted by atomic mass is 16.2. The highest BCUT2D eigenvalue weighted by molar-refractivity contribution is 5.92. The lowest BCUT2D eigenvalue weighted by Crippen LogP contribution is -2.53. The van der Waals surface area contributed by atoms with Crippen LogP contribution in [0.5, 0.6) is 0 Å². The Hall–Kier alpha value is -3.39. The van der Waals surface area contributed by atoms with E-state index >= 15 is 0 Å². The van der Waals surface area contributed by atoms with E-state index in [9.17, 15) is 9.59 Å². The van der Waals surface area contributed by atoms with Gasteiger partial charge in [-0.2, -0.15) is 5.10 Å². The predicted octanol–water partition coefficient (Wildman–Crippen LogP) is 2.47. The Morgan fingerprint density at radius 1 is 1.19 bits per heavy atom. The molecule has 1 atom stereocenters. The molecule has 1 saturated heterocycles. The van der Waals surface area contributed by atoms with Crippen molar-refractivity contribution in [1.29, 1.82) is 0 Å². The molecule has 0 spiro atoms. The maximum Gasteiger partial charge on any atom is 0.322 e. The molecule has 8 nitrogen and oxygen atoms in total. The van der Waals surface area contributed by atoms with Gasteiger partial charge in [-0.1, -0.05) is 24.3 Å². The summed E-state index contributed by atoms with van der Waals surface area (Å²) in [5.41, 5.74) is 10.3. The number of aromatic amines is 1. The third-order valence-electron chi connectivity index (χ3n) is 6.35. The van der Waals surface area contributed by atoms with Gasteiger partial charge in [-0.05, 0) is 48.6 Å². The number of rotatable bonds is 4. The summed E-state index contributed by atoms with van der Waals surface area (Å²) in [7, 11) is 0. The number of piperidine rings is 1. The van der Waals surface area contributed by atoms with Gasteiger partial charge in [0.15, 0.2) is 0 Å². The number of carbonyl (C=O) groups is 2. The predicted molar refractivity (Wildman–Crippen MR) is 118 cm³/mol. The van der Waals surface area contributed by atoms with E-state index in [0.29, 0.717) is 26.1 Å². The Balaban J connectivity index is 1.18. The van der Waals surface area contributed by atoms with Crippen LogP contribution in [0.15, 0.2) is 48.7 Å². The first kappa shape index (κ1) is 19.6. The third kappa shape index (κ3) is 3.86. The average molecular weight is 419 g/mol. The molecule has 0 saturated carbocycles. The first-order valence-electron chi connectivity index (χ1n) is 10.7. The highest BCUT2D eigenvalue weighted by Crippen LogP contribution is 2.27. The summed E-state index contributed by atoms with van der Waals surface area (Å²) < 4.78 is 0. The number of aromatic nitrogens is 2. The van der Waals surface area contributed by atoms with E-state index in [1.165, 1.54) is 0 Å². The fraction of sp³-hybridized carbons (Fsp3) is 0.348. The Morgan fingerprint density at radius 3 is 2.84 bits per heavy atom. The second kappa shape index (κ2) is 8.03. The van der Waals surface area contributed by atoms with E-state index in [-0.39, 0.29) is 18.0 Å². The molecule has 2 aliphatic heterocycles. The molecule has 1 unspecified atom stereocenters. The number of nitrogens with one attached hydrogen (secondary N) is 2. The van der Waals surface area contributed by atoms with E-state index in [1.54, 1.807) is 6.20 Å². The van der Waals surface area contributed by atoms with Crippen LogP contribution in [0.4, 0.5) is 10.5 Å². The first-order valence-corrected chi connectivity index (χ1v) is 10.7. The number of hydrogen-bond donors (Lipinski definition) is 3. The zero-order valence-electron chi connectivity index (χ0n) is 17.3. The monoisotopic (exact) mass is 418 g/mol. The van der Waals surface area contributed by atoms with Crippen LogP contribution in [0.1, 0.15) is 24.0 Å². The van der Waals surface area contributed by atoms with Gasteiger partial charge in [0, 0.05) is 36.7 Å². The lowest BCUT2D eigenvalue weighted by molar-refractivity contribution is -0.134. The number of likely N-dealkylation sites (tertiary alicyclic amines) is 1. The van der Waals surface area contributed by atoms with E-state index in [0.717, 1.165) is 40.6 Å². The van der Waals surface area contributed by atoms with Crippen LogP contribution < -0.4 is 11.1 Å². The van der Waals surface area contributed by atoms with Crippen LogP contribution in [0.25, 0.3) is 10.9 Å². The largest absolute Gasteiger partial charge is 0.341 e. The minimum atomic E-state index is -0.578. The molecule has 3 amide bonds. The summed E-state index contributed by atoms with van der Waals surface area (Å²) in [6.07, 6.45) is 3.78. The molecular formula is C23H26N6O2. The van der Waals surface area contributed by atoms with E-state index in [2.05, 4.69) is 15.5 Å². The number of anilines is 1. The SMILES string of the molecule is NC(Cc1ccc2[nH]ncc2c1)C(=O)N1CCC(N2Cc3ccccc3NC2=O)CC1. The van der Waals surface area contributed by atoms with Crippen LogP contribution in [0.2, 0.25) is 0 Å². The number of urea groups is 1. The van der Waals surface area contributed by atoms with Crippen molar-refractivity contribution in [3.63, 3.8) is 0 Å². The number of benzene rings is 2. The van der Waals surface area contributed by atoms with Gasteiger partial charge >= 0.3 is 6.03 Å². The fourth-order valence-corrected chi connectivity index (χ4v) is 4.61. The highest BCUT2D eigenvalue weighted by Gasteiger charge is 2.33. The lowest BCUT2D eigenvalue weighted by Gasteiger charge is -2.41. The van der Waals surface area contributed by atoms with Crippen molar-refractivity contribution in [2.24, 2.45) is 5.73 Å². The molecule has 0 aliphatic carbocycles. The Morgan fingerprint density at radius 2 is 2.00 bits per heavy atom. The number of hydrogen-bond acceptors (Lipinski definition) is 4. The van der Waals surface area contributed by atoms with Gasteiger partial charge in [-0.25, -0.2) is 4.79 Å². The fourth-order valence-electron chi connectivity index (χ4n) is 4.61. The maximum atomic E-state index is 12.9. The second-order valence-electron chi connectivity index (χ2n) is 8.37. The number of nitrogens with two attached hydrogens (primary N) is 1. The number of amides is 3. The van der Waals surface area contributed by atoms with Crippen molar-refractivity contribution in [3.8, 4) is 0 Å². The summed E-state index contributed by atoms with van der Waals surface area (Å²) in [5.74, 6) is -0.0285. The second-order valence-corrected chi connectivity index (χ2v) is 8.37. The summed E-state index contributed by atoms with van der Waals surface area (Å²) >= 11 is 0.